The molecule has 132 valence electrons. The molecule has 1 amide bonds. The lowest BCUT2D eigenvalue weighted by molar-refractivity contribution is 0.0992. The van der Waals surface area contributed by atoms with Crippen LogP contribution in [-0.2, 0) is 6.54 Å². The van der Waals surface area contributed by atoms with Gasteiger partial charge in [0.05, 0.1) is 25.0 Å². The summed E-state index contributed by atoms with van der Waals surface area (Å²) in [7, 11) is 1.34. The van der Waals surface area contributed by atoms with Gasteiger partial charge in [0.1, 0.15) is 17.9 Å². The standard InChI is InChI=1S/C18H12F3N3O2/c1-26-16-7-13(21)12(20)6-14(16)24-9-22-17-15(24)8-23(18(17)25)11-4-2-10(19)3-5-11/h2-7,9H,8H2,1H3. The highest BCUT2D eigenvalue weighted by Gasteiger charge is 2.34. The number of rotatable bonds is 3. The van der Waals surface area contributed by atoms with E-state index in [1.54, 1.807) is 0 Å². The highest BCUT2D eigenvalue weighted by molar-refractivity contribution is 6.08. The molecule has 0 saturated carbocycles. The minimum Gasteiger partial charge on any atom is -0.494 e. The van der Waals surface area contributed by atoms with Crippen molar-refractivity contribution in [2.45, 2.75) is 6.54 Å². The first kappa shape index (κ1) is 16.2. The second-order valence-electron chi connectivity index (χ2n) is 5.72. The molecule has 5 nitrogen and oxygen atoms in total. The van der Waals surface area contributed by atoms with E-state index in [1.807, 2.05) is 0 Å². The zero-order valence-corrected chi connectivity index (χ0v) is 13.5. The summed E-state index contributed by atoms with van der Waals surface area (Å²) < 4.78 is 46.9. The third-order valence-electron chi connectivity index (χ3n) is 4.24. The molecule has 0 spiro atoms. The molecule has 0 aliphatic carbocycles. The molecule has 2 aromatic carbocycles. The number of nitrogens with zero attached hydrogens (tertiary/aromatic N) is 3. The molecule has 1 aliphatic rings. The third-order valence-corrected chi connectivity index (χ3v) is 4.24. The molecule has 0 atom stereocenters. The van der Waals surface area contributed by atoms with Crippen molar-refractivity contribution in [3.8, 4) is 11.4 Å². The fourth-order valence-corrected chi connectivity index (χ4v) is 2.96. The molecule has 0 bridgehead atoms. The van der Waals surface area contributed by atoms with Crippen LogP contribution in [0.4, 0.5) is 18.9 Å². The average Bonchev–Trinajstić information content (AvgIpc) is 3.18. The maximum absolute atomic E-state index is 13.7. The first-order chi connectivity index (χ1) is 12.5. The summed E-state index contributed by atoms with van der Waals surface area (Å²) in [4.78, 5) is 18.1. The van der Waals surface area contributed by atoms with Crippen molar-refractivity contribution >= 4 is 11.6 Å². The number of imidazole rings is 1. The molecule has 0 radical (unpaired) electrons. The zero-order chi connectivity index (χ0) is 18.4. The van der Waals surface area contributed by atoms with Crippen LogP contribution in [0.3, 0.4) is 0 Å². The number of halogens is 3. The van der Waals surface area contributed by atoms with Crippen LogP contribution >= 0.6 is 0 Å². The molecule has 1 aliphatic heterocycles. The Kier molecular flexibility index (Phi) is 3.68. The molecule has 0 unspecified atom stereocenters. The van der Waals surface area contributed by atoms with Crippen molar-refractivity contribution < 1.29 is 22.7 Å². The van der Waals surface area contributed by atoms with E-state index in [1.165, 1.54) is 47.2 Å². The van der Waals surface area contributed by atoms with Crippen molar-refractivity contribution in [3.63, 3.8) is 0 Å². The number of carbonyl (C=O) groups is 1. The van der Waals surface area contributed by atoms with E-state index in [4.69, 9.17) is 4.74 Å². The number of hydrogen-bond acceptors (Lipinski definition) is 3. The van der Waals surface area contributed by atoms with E-state index in [-0.39, 0.29) is 29.6 Å². The Labute approximate surface area is 146 Å². The maximum Gasteiger partial charge on any atom is 0.279 e. The van der Waals surface area contributed by atoms with E-state index in [0.29, 0.717) is 11.4 Å². The number of aromatic nitrogens is 2. The first-order valence-corrected chi connectivity index (χ1v) is 7.66. The van der Waals surface area contributed by atoms with Crippen LogP contribution in [0, 0.1) is 17.5 Å². The largest absolute Gasteiger partial charge is 0.494 e. The molecule has 4 rings (SSSR count). The van der Waals surface area contributed by atoms with Gasteiger partial charge in [0.15, 0.2) is 17.3 Å². The van der Waals surface area contributed by atoms with E-state index in [2.05, 4.69) is 4.98 Å². The summed E-state index contributed by atoms with van der Waals surface area (Å²) in [6.07, 6.45) is 1.36. The van der Waals surface area contributed by atoms with Crippen LogP contribution in [0.2, 0.25) is 0 Å². The molecule has 0 fully saturated rings. The van der Waals surface area contributed by atoms with E-state index >= 15 is 0 Å². The normalized spacial score (nSPS) is 13.2. The van der Waals surface area contributed by atoms with Crippen molar-refractivity contribution in [1.29, 1.82) is 0 Å². The Morgan fingerprint density at radius 3 is 2.46 bits per heavy atom. The van der Waals surface area contributed by atoms with Gasteiger partial charge in [-0.2, -0.15) is 0 Å². The molecule has 2 heterocycles. The quantitative estimate of drug-likeness (QED) is 0.720. The Balaban J connectivity index is 1.78. The lowest BCUT2D eigenvalue weighted by atomic mass is 10.2. The number of hydrogen-bond donors (Lipinski definition) is 0. The van der Waals surface area contributed by atoms with Crippen molar-refractivity contribution in [2.75, 3.05) is 12.0 Å². The molecule has 3 aromatic rings. The Hall–Kier alpha value is -3.29. The monoisotopic (exact) mass is 359 g/mol. The fraction of sp³-hybridized carbons (Fsp3) is 0.111. The van der Waals surface area contributed by atoms with Crippen molar-refractivity contribution in [1.82, 2.24) is 9.55 Å². The summed E-state index contributed by atoms with van der Waals surface area (Å²) in [5, 5.41) is 0. The minimum atomic E-state index is -1.04. The lowest BCUT2D eigenvalue weighted by Crippen LogP contribution is -2.24. The van der Waals surface area contributed by atoms with Gasteiger partial charge in [0.25, 0.3) is 5.91 Å². The minimum absolute atomic E-state index is 0.108. The fourth-order valence-electron chi connectivity index (χ4n) is 2.96. The number of fused-ring (bicyclic) bond motifs is 1. The molecular weight excluding hydrogens is 347 g/mol. The second-order valence-corrected chi connectivity index (χ2v) is 5.72. The molecule has 0 saturated heterocycles. The third kappa shape index (κ3) is 2.42. The topological polar surface area (TPSA) is 47.4 Å². The molecule has 8 heteroatoms. The summed E-state index contributed by atoms with van der Waals surface area (Å²) in [5.74, 6) is -2.73. The van der Waals surface area contributed by atoms with Gasteiger partial charge >= 0.3 is 0 Å². The van der Waals surface area contributed by atoms with Gasteiger partial charge in [-0.3, -0.25) is 9.36 Å². The van der Waals surface area contributed by atoms with Crippen LogP contribution in [0.1, 0.15) is 16.2 Å². The summed E-state index contributed by atoms with van der Waals surface area (Å²) in [6, 6.07) is 7.41. The number of methoxy groups -OCH3 is 1. The highest BCUT2D eigenvalue weighted by Crippen LogP contribution is 2.33. The van der Waals surface area contributed by atoms with Crippen LogP contribution in [0.25, 0.3) is 5.69 Å². The van der Waals surface area contributed by atoms with E-state index in [9.17, 15) is 18.0 Å². The van der Waals surface area contributed by atoms with Gasteiger partial charge in [-0.25, -0.2) is 18.2 Å². The second kappa shape index (κ2) is 5.91. The van der Waals surface area contributed by atoms with Gasteiger partial charge in [-0.15, -0.1) is 0 Å². The number of amides is 1. The van der Waals surface area contributed by atoms with Crippen LogP contribution < -0.4 is 9.64 Å². The zero-order valence-electron chi connectivity index (χ0n) is 13.5. The Bertz CT molecular complexity index is 1020. The summed E-state index contributed by atoms with van der Waals surface area (Å²) in [5.41, 5.74) is 1.44. The Morgan fingerprint density at radius 1 is 1.08 bits per heavy atom. The number of carbonyl (C=O) groups excluding carboxylic acids is 1. The molecule has 1 aromatic heterocycles. The van der Waals surface area contributed by atoms with Crippen LogP contribution in [0.15, 0.2) is 42.7 Å². The molecule has 26 heavy (non-hydrogen) atoms. The van der Waals surface area contributed by atoms with Gasteiger partial charge in [-0.1, -0.05) is 0 Å². The summed E-state index contributed by atoms with van der Waals surface area (Å²) >= 11 is 0. The maximum atomic E-state index is 13.7. The van der Waals surface area contributed by atoms with Crippen LogP contribution in [0.5, 0.6) is 5.75 Å². The van der Waals surface area contributed by atoms with Gasteiger partial charge in [0.2, 0.25) is 0 Å². The van der Waals surface area contributed by atoms with E-state index in [0.717, 1.165) is 12.1 Å². The predicted molar refractivity (Wildman–Crippen MR) is 86.9 cm³/mol. The SMILES string of the molecule is COc1cc(F)c(F)cc1-n1cnc2c1CN(c1ccc(F)cc1)C2=O. The number of benzene rings is 2. The summed E-state index contributed by atoms with van der Waals surface area (Å²) in [6.45, 7) is 0.155. The smallest absolute Gasteiger partial charge is 0.279 e. The Morgan fingerprint density at radius 2 is 1.77 bits per heavy atom. The van der Waals surface area contributed by atoms with E-state index < -0.39 is 17.5 Å². The number of ether oxygens (including phenoxy) is 1. The predicted octanol–water partition coefficient (Wildman–Crippen LogP) is 3.46. The molecular formula is C18H12F3N3O2. The number of anilines is 1. The van der Waals surface area contributed by atoms with Crippen molar-refractivity contribution in [3.05, 3.63) is 71.6 Å². The van der Waals surface area contributed by atoms with Crippen LogP contribution in [-0.4, -0.2) is 22.6 Å². The van der Waals surface area contributed by atoms with Gasteiger partial charge in [-0.05, 0) is 24.3 Å². The average molecular weight is 359 g/mol. The molecule has 0 N–H and O–H groups in total. The van der Waals surface area contributed by atoms with Gasteiger partial charge < -0.3 is 9.64 Å². The van der Waals surface area contributed by atoms with Gasteiger partial charge in [0, 0.05) is 17.8 Å². The van der Waals surface area contributed by atoms with Crippen molar-refractivity contribution in [2.24, 2.45) is 0 Å². The first-order valence-electron chi connectivity index (χ1n) is 7.66. The lowest BCUT2D eigenvalue weighted by Gasteiger charge is -2.17. The highest BCUT2D eigenvalue weighted by atomic mass is 19.2.